The summed E-state index contributed by atoms with van der Waals surface area (Å²) in [4.78, 5) is 14.7. The number of nitrogens with zero attached hydrogens (tertiary/aromatic N) is 1. The van der Waals surface area contributed by atoms with Crippen molar-refractivity contribution in [3.63, 3.8) is 0 Å². The number of thiophene rings is 2. The summed E-state index contributed by atoms with van der Waals surface area (Å²) in [5.41, 5.74) is 3.11. The fourth-order valence-electron chi connectivity index (χ4n) is 4.01. The van der Waals surface area contributed by atoms with Crippen molar-refractivity contribution in [2.75, 3.05) is 5.32 Å². The zero-order valence-corrected chi connectivity index (χ0v) is 19.4. The van der Waals surface area contributed by atoms with E-state index in [1.54, 1.807) is 11.3 Å². The average Bonchev–Trinajstić information content (AvgIpc) is 3.16. The number of rotatable bonds is 2. The molecule has 1 N–H and O–H groups in total. The number of halogens is 1. The van der Waals surface area contributed by atoms with Gasteiger partial charge in [-0.25, -0.2) is 0 Å². The Bertz CT molecular complexity index is 1160. The fourth-order valence-corrected chi connectivity index (χ4v) is 6.79. The van der Waals surface area contributed by atoms with Gasteiger partial charge < -0.3 is 5.32 Å². The van der Waals surface area contributed by atoms with Gasteiger partial charge >= 0.3 is 0 Å². The third-order valence-electron chi connectivity index (χ3n) is 5.82. The largest absolute Gasteiger partial charge is 0.312 e. The molecule has 2 aromatic heterocycles. The average molecular weight is 443 g/mol. The highest BCUT2D eigenvalue weighted by molar-refractivity contribution is 7.22. The van der Waals surface area contributed by atoms with Crippen LogP contribution in [0.4, 0.5) is 5.00 Å². The Balaban J connectivity index is 1.65. The fraction of sp³-hybridized carbons (Fsp3) is 0.391. The Morgan fingerprint density at radius 2 is 2.07 bits per heavy atom. The van der Waals surface area contributed by atoms with Crippen LogP contribution < -0.4 is 5.32 Å². The standard InChI is InChI=1S/C23H23ClN2OS2/c1-12-5-7-15-17(9-12)28-20(19(15)24)21(27)26-22-16(11-25)14-8-6-13(23(2,3)4)10-18(14)29-22/h5,7,9,13H,6,8,10H2,1-4H3,(H,26,27). The van der Waals surface area contributed by atoms with Gasteiger partial charge in [-0.2, -0.15) is 5.26 Å². The van der Waals surface area contributed by atoms with E-state index in [9.17, 15) is 10.1 Å². The molecule has 1 atom stereocenters. The van der Waals surface area contributed by atoms with E-state index in [-0.39, 0.29) is 11.3 Å². The predicted molar refractivity (Wildman–Crippen MR) is 124 cm³/mol. The van der Waals surface area contributed by atoms with Gasteiger partial charge in [-0.15, -0.1) is 22.7 Å². The molecule has 3 nitrogen and oxygen atoms in total. The summed E-state index contributed by atoms with van der Waals surface area (Å²) in [7, 11) is 0. The molecule has 29 heavy (non-hydrogen) atoms. The second-order valence-electron chi connectivity index (χ2n) is 8.82. The number of carbonyl (C=O) groups excluding carboxylic acids is 1. The number of carbonyl (C=O) groups is 1. The molecule has 1 unspecified atom stereocenters. The number of hydrogen-bond acceptors (Lipinski definition) is 4. The summed E-state index contributed by atoms with van der Waals surface area (Å²) in [5, 5.41) is 14.8. The second-order valence-corrected chi connectivity index (χ2v) is 11.4. The number of fused-ring (bicyclic) bond motifs is 2. The molecule has 0 aliphatic heterocycles. The van der Waals surface area contributed by atoms with Crippen molar-refractivity contribution in [1.29, 1.82) is 5.26 Å². The van der Waals surface area contributed by atoms with E-state index < -0.39 is 0 Å². The lowest BCUT2D eigenvalue weighted by atomic mass is 9.72. The first-order chi connectivity index (χ1) is 13.7. The topological polar surface area (TPSA) is 52.9 Å². The van der Waals surface area contributed by atoms with E-state index in [1.807, 2.05) is 25.1 Å². The van der Waals surface area contributed by atoms with Gasteiger partial charge in [0.05, 0.1) is 10.6 Å². The van der Waals surface area contributed by atoms with E-state index in [0.717, 1.165) is 40.5 Å². The van der Waals surface area contributed by atoms with Crippen LogP contribution in [-0.2, 0) is 12.8 Å². The molecule has 3 aromatic rings. The van der Waals surface area contributed by atoms with Crippen LogP contribution in [0.5, 0.6) is 0 Å². The van der Waals surface area contributed by atoms with Gasteiger partial charge in [0.1, 0.15) is 15.9 Å². The van der Waals surface area contributed by atoms with Crippen molar-refractivity contribution < 1.29 is 4.79 Å². The zero-order chi connectivity index (χ0) is 20.9. The van der Waals surface area contributed by atoms with Crippen LogP contribution >= 0.6 is 34.3 Å². The van der Waals surface area contributed by atoms with Crippen LogP contribution in [0.25, 0.3) is 10.1 Å². The molecule has 1 aromatic carbocycles. The molecule has 0 fully saturated rings. The van der Waals surface area contributed by atoms with Crippen molar-refractivity contribution in [2.24, 2.45) is 11.3 Å². The van der Waals surface area contributed by atoms with E-state index in [2.05, 4.69) is 32.2 Å². The maximum Gasteiger partial charge on any atom is 0.267 e. The van der Waals surface area contributed by atoms with Gasteiger partial charge in [0.2, 0.25) is 0 Å². The van der Waals surface area contributed by atoms with Gasteiger partial charge in [-0.1, -0.05) is 44.5 Å². The van der Waals surface area contributed by atoms with Gasteiger partial charge in [0.25, 0.3) is 5.91 Å². The molecule has 2 heterocycles. The Hall–Kier alpha value is -1.87. The molecular weight excluding hydrogens is 420 g/mol. The van der Waals surface area contributed by atoms with Gasteiger partial charge in [-0.3, -0.25) is 4.79 Å². The van der Waals surface area contributed by atoms with Crippen LogP contribution in [0.1, 0.15) is 58.4 Å². The Morgan fingerprint density at radius 1 is 1.31 bits per heavy atom. The van der Waals surface area contributed by atoms with E-state index in [0.29, 0.717) is 26.4 Å². The lowest BCUT2D eigenvalue weighted by Crippen LogP contribution is -2.26. The molecule has 4 rings (SSSR count). The van der Waals surface area contributed by atoms with Crippen molar-refractivity contribution in [3.8, 4) is 6.07 Å². The number of benzene rings is 1. The molecule has 150 valence electrons. The summed E-state index contributed by atoms with van der Waals surface area (Å²) >= 11 is 9.45. The van der Waals surface area contributed by atoms with Crippen molar-refractivity contribution in [2.45, 2.75) is 47.0 Å². The molecule has 1 aliphatic rings. The molecule has 0 radical (unpaired) electrons. The first-order valence-corrected chi connectivity index (χ1v) is 11.7. The number of aryl methyl sites for hydroxylation is 1. The van der Waals surface area contributed by atoms with Crippen molar-refractivity contribution in [3.05, 3.63) is 49.7 Å². The third kappa shape index (κ3) is 3.70. The number of anilines is 1. The molecule has 0 spiro atoms. The lowest BCUT2D eigenvalue weighted by Gasteiger charge is -2.33. The lowest BCUT2D eigenvalue weighted by molar-refractivity contribution is 0.103. The van der Waals surface area contributed by atoms with Gasteiger partial charge in [-0.05, 0) is 54.7 Å². The van der Waals surface area contributed by atoms with Crippen LogP contribution in [0.3, 0.4) is 0 Å². The first-order valence-electron chi connectivity index (χ1n) is 9.73. The number of hydrogen-bond donors (Lipinski definition) is 1. The zero-order valence-electron chi connectivity index (χ0n) is 17.0. The molecule has 0 bridgehead atoms. The summed E-state index contributed by atoms with van der Waals surface area (Å²) in [6.45, 7) is 8.84. The molecular formula is C23H23ClN2OS2. The first kappa shape index (κ1) is 20.4. The monoisotopic (exact) mass is 442 g/mol. The van der Waals surface area contributed by atoms with Crippen LogP contribution in [0, 0.1) is 29.6 Å². The van der Waals surface area contributed by atoms with E-state index >= 15 is 0 Å². The third-order valence-corrected chi connectivity index (χ3v) is 8.65. The quantitative estimate of drug-likeness (QED) is 0.456. The summed E-state index contributed by atoms with van der Waals surface area (Å²) in [5.74, 6) is 0.348. The summed E-state index contributed by atoms with van der Waals surface area (Å²) < 4.78 is 0.999. The highest BCUT2D eigenvalue weighted by atomic mass is 35.5. The van der Waals surface area contributed by atoms with E-state index in [1.165, 1.54) is 16.2 Å². The maximum absolute atomic E-state index is 13.0. The number of nitrogens with one attached hydrogen (secondary N) is 1. The van der Waals surface area contributed by atoms with Crippen molar-refractivity contribution in [1.82, 2.24) is 0 Å². The van der Waals surface area contributed by atoms with Crippen molar-refractivity contribution >= 4 is 55.3 Å². The van der Waals surface area contributed by atoms with Crippen LogP contribution in [-0.4, -0.2) is 5.91 Å². The minimum Gasteiger partial charge on any atom is -0.312 e. The summed E-state index contributed by atoms with van der Waals surface area (Å²) in [6.07, 6.45) is 2.95. The van der Waals surface area contributed by atoms with Crippen LogP contribution in [0.15, 0.2) is 18.2 Å². The Labute approximate surface area is 184 Å². The minimum atomic E-state index is -0.240. The minimum absolute atomic E-state index is 0.237. The molecule has 1 amide bonds. The van der Waals surface area contributed by atoms with Gasteiger partial charge in [0.15, 0.2) is 0 Å². The second kappa shape index (κ2) is 7.43. The highest BCUT2D eigenvalue weighted by Crippen LogP contribution is 2.44. The smallest absolute Gasteiger partial charge is 0.267 e. The van der Waals surface area contributed by atoms with Crippen LogP contribution in [0.2, 0.25) is 5.02 Å². The summed E-state index contributed by atoms with van der Waals surface area (Å²) in [6, 6.07) is 8.32. The number of amides is 1. The molecule has 6 heteroatoms. The Morgan fingerprint density at radius 3 is 2.76 bits per heavy atom. The predicted octanol–water partition coefficient (Wildman–Crippen LogP) is 7.20. The van der Waals surface area contributed by atoms with Gasteiger partial charge in [0, 0.05) is 15.0 Å². The SMILES string of the molecule is Cc1ccc2c(Cl)c(C(=O)Nc3sc4c(c3C#N)CCC(C(C)(C)C)C4)sc2c1. The normalized spacial score (nSPS) is 16.5. The highest BCUT2D eigenvalue weighted by Gasteiger charge is 2.32. The Kier molecular flexibility index (Phi) is 5.23. The number of nitriles is 1. The molecule has 1 aliphatic carbocycles. The van der Waals surface area contributed by atoms with E-state index in [4.69, 9.17) is 11.6 Å². The molecule has 0 saturated heterocycles. The molecule has 0 saturated carbocycles. The maximum atomic E-state index is 13.0.